The minimum absolute atomic E-state index is 0.573. The van der Waals surface area contributed by atoms with Gasteiger partial charge in [-0.1, -0.05) is 11.6 Å². The fraction of sp³-hybridized carbons (Fsp3) is 0.692. The monoisotopic (exact) mass is 268 g/mol. The summed E-state index contributed by atoms with van der Waals surface area (Å²) in [7, 11) is 0. The van der Waals surface area contributed by atoms with Gasteiger partial charge < -0.3 is 4.90 Å². The molecular formula is C13H21ClN4. The third kappa shape index (κ3) is 2.75. The van der Waals surface area contributed by atoms with Crippen molar-refractivity contribution in [2.24, 2.45) is 0 Å². The highest BCUT2D eigenvalue weighted by molar-refractivity contribution is 6.30. The second-order valence-corrected chi connectivity index (χ2v) is 5.49. The van der Waals surface area contributed by atoms with Crippen molar-refractivity contribution in [1.82, 2.24) is 14.9 Å². The summed E-state index contributed by atoms with van der Waals surface area (Å²) in [4.78, 5) is 13.5. The van der Waals surface area contributed by atoms with Gasteiger partial charge in [0.2, 0.25) is 0 Å². The van der Waals surface area contributed by atoms with Gasteiger partial charge in [0.25, 0.3) is 0 Å². The first-order valence-corrected chi connectivity index (χ1v) is 6.86. The van der Waals surface area contributed by atoms with E-state index in [2.05, 4.69) is 33.6 Å². The van der Waals surface area contributed by atoms with E-state index in [4.69, 9.17) is 11.6 Å². The molecule has 1 aromatic rings. The Morgan fingerprint density at radius 3 is 2.22 bits per heavy atom. The van der Waals surface area contributed by atoms with Crippen molar-refractivity contribution in [2.45, 2.75) is 33.7 Å². The molecule has 1 aromatic heterocycles. The Bertz CT molecular complexity index is 425. The summed E-state index contributed by atoms with van der Waals surface area (Å²) in [6.45, 7) is 12.5. The van der Waals surface area contributed by atoms with Crippen LogP contribution >= 0.6 is 11.6 Å². The molecule has 0 N–H and O–H groups in total. The number of piperazine rings is 1. The van der Waals surface area contributed by atoms with Crippen LogP contribution in [0.1, 0.15) is 25.2 Å². The zero-order valence-corrected chi connectivity index (χ0v) is 12.3. The van der Waals surface area contributed by atoms with E-state index in [-0.39, 0.29) is 0 Å². The molecule has 1 saturated heterocycles. The number of aryl methyl sites for hydroxylation is 1. The fourth-order valence-electron chi connectivity index (χ4n) is 2.34. The van der Waals surface area contributed by atoms with Gasteiger partial charge >= 0.3 is 0 Å². The Balaban J connectivity index is 2.15. The van der Waals surface area contributed by atoms with Crippen molar-refractivity contribution in [3.8, 4) is 0 Å². The molecule has 0 aromatic carbocycles. The summed E-state index contributed by atoms with van der Waals surface area (Å²) >= 11 is 6.13. The van der Waals surface area contributed by atoms with Crippen molar-refractivity contribution in [3.05, 3.63) is 16.5 Å². The largest absolute Gasteiger partial charge is 0.354 e. The summed E-state index contributed by atoms with van der Waals surface area (Å²) in [6, 6.07) is 0.615. The average Bonchev–Trinajstić information content (AvgIpc) is 2.34. The predicted octanol–water partition coefficient (Wildman–Crippen LogP) is 2.28. The van der Waals surface area contributed by atoms with Crippen LogP contribution in [0.25, 0.3) is 0 Å². The van der Waals surface area contributed by atoms with Crippen molar-refractivity contribution in [1.29, 1.82) is 0 Å². The first-order valence-electron chi connectivity index (χ1n) is 6.48. The zero-order chi connectivity index (χ0) is 13.3. The van der Waals surface area contributed by atoms with Crippen LogP contribution in [0.15, 0.2) is 0 Å². The SMILES string of the molecule is Cc1nc(Cl)c(C)c(N2CCN(C(C)C)CC2)n1. The maximum atomic E-state index is 6.13. The molecule has 1 aliphatic rings. The summed E-state index contributed by atoms with van der Waals surface area (Å²) in [5, 5.41) is 0.573. The van der Waals surface area contributed by atoms with Gasteiger partial charge in [0, 0.05) is 37.8 Å². The number of anilines is 1. The third-order valence-electron chi connectivity index (χ3n) is 3.52. The Hall–Kier alpha value is -0.870. The first kappa shape index (κ1) is 13.6. The van der Waals surface area contributed by atoms with Gasteiger partial charge in [0.05, 0.1) is 0 Å². The molecule has 4 nitrogen and oxygen atoms in total. The summed E-state index contributed by atoms with van der Waals surface area (Å²) in [6.07, 6.45) is 0. The smallest absolute Gasteiger partial charge is 0.137 e. The van der Waals surface area contributed by atoms with Crippen LogP contribution < -0.4 is 4.90 Å². The lowest BCUT2D eigenvalue weighted by Gasteiger charge is -2.38. The number of halogens is 1. The highest BCUT2D eigenvalue weighted by Crippen LogP contribution is 2.24. The van der Waals surface area contributed by atoms with Gasteiger partial charge in [-0.25, -0.2) is 9.97 Å². The maximum Gasteiger partial charge on any atom is 0.137 e. The van der Waals surface area contributed by atoms with Crippen LogP contribution in [-0.2, 0) is 0 Å². The molecular weight excluding hydrogens is 248 g/mol. The van der Waals surface area contributed by atoms with Crippen molar-refractivity contribution >= 4 is 17.4 Å². The van der Waals surface area contributed by atoms with E-state index in [0.29, 0.717) is 11.2 Å². The minimum atomic E-state index is 0.573. The van der Waals surface area contributed by atoms with Gasteiger partial charge in [0.1, 0.15) is 16.8 Å². The van der Waals surface area contributed by atoms with Crippen molar-refractivity contribution < 1.29 is 0 Å². The molecule has 0 bridgehead atoms. The molecule has 0 unspecified atom stereocenters. The number of rotatable bonds is 2. The summed E-state index contributed by atoms with van der Waals surface area (Å²) in [5.74, 6) is 1.74. The molecule has 0 radical (unpaired) electrons. The predicted molar refractivity (Wildman–Crippen MR) is 75.4 cm³/mol. The van der Waals surface area contributed by atoms with Gasteiger partial charge in [-0.05, 0) is 27.7 Å². The lowest BCUT2D eigenvalue weighted by Crippen LogP contribution is -2.49. The molecule has 1 fully saturated rings. The highest BCUT2D eigenvalue weighted by atomic mass is 35.5. The number of aromatic nitrogens is 2. The number of hydrogen-bond donors (Lipinski definition) is 0. The molecule has 18 heavy (non-hydrogen) atoms. The van der Waals surface area contributed by atoms with E-state index >= 15 is 0 Å². The Labute approximate surface area is 114 Å². The molecule has 2 rings (SSSR count). The van der Waals surface area contributed by atoms with Crippen LogP contribution in [0, 0.1) is 13.8 Å². The molecule has 0 amide bonds. The lowest BCUT2D eigenvalue weighted by molar-refractivity contribution is 0.209. The molecule has 1 aliphatic heterocycles. The summed E-state index contributed by atoms with van der Waals surface area (Å²) in [5.41, 5.74) is 0.986. The zero-order valence-electron chi connectivity index (χ0n) is 11.6. The van der Waals surface area contributed by atoms with Crippen LogP contribution in [0.4, 0.5) is 5.82 Å². The number of hydrogen-bond acceptors (Lipinski definition) is 4. The number of nitrogens with zero attached hydrogens (tertiary/aromatic N) is 4. The van der Waals surface area contributed by atoms with Crippen LogP contribution in [0.2, 0.25) is 5.15 Å². The summed E-state index contributed by atoms with van der Waals surface area (Å²) < 4.78 is 0. The molecule has 0 atom stereocenters. The van der Waals surface area contributed by atoms with Crippen molar-refractivity contribution in [3.63, 3.8) is 0 Å². The standard InChI is InChI=1S/C13H21ClN4/c1-9(2)17-5-7-18(8-6-17)13-10(3)12(14)15-11(4)16-13/h9H,5-8H2,1-4H3. The van der Waals surface area contributed by atoms with E-state index < -0.39 is 0 Å². The van der Waals surface area contributed by atoms with Crippen LogP contribution in [0.5, 0.6) is 0 Å². The molecule has 0 spiro atoms. The van der Waals surface area contributed by atoms with E-state index in [9.17, 15) is 0 Å². The van der Waals surface area contributed by atoms with E-state index in [1.807, 2.05) is 13.8 Å². The normalized spacial score (nSPS) is 17.6. The first-order chi connectivity index (χ1) is 8.49. The fourth-order valence-corrected chi connectivity index (χ4v) is 2.55. The molecule has 0 saturated carbocycles. The minimum Gasteiger partial charge on any atom is -0.354 e. The molecule has 5 heteroatoms. The van der Waals surface area contributed by atoms with Gasteiger partial charge in [-0.15, -0.1) is 0 Å². The highest BCUT2D eigenvalue weighted by Gasteiger charge is 2.22. The molecule has 2 heterocycles. The average molecular weight is 269 g/mol. The van der Waals surface area contributed by atoms with E-state index in [0.717, 1.165) is 43.4 Å². The maximum absolute atomic E-state index is 6.13. The third-order valence-corrected chi connectivity index (χ3v) is 3.88. The Morgan fingerprint density at radius 2 is 1.67 bits per heavy atom. The second-order valence-electron chi connectivity index (χ2n) is 5.13. The van der Waals surface area contributed by atoms with Gasteiger partial charge in [-0.3, -0.25) is 4.90 Å². The van der Waals surface area contributed by atoms with Crippen LogP contribution in [0.3, 0.4) is 0 Å². The van der Waals surface area contributed by atoms with Crippen molar-refractivity contribution in [2.75, 3.05) is 31.1 Å². The van der Waals surface area contributed by atoms with E-state index in [1.54, 1.807) is 0 Å². The van der Waals surface area contributed by atoms with Gasteiger partial charge in [0.15, 0.2) is 0 Å². The lowest BCUT2D eigenvalue weighted by atomic mass is 10.2. The Morgan fingerprint density at radius 1 is 1.06 bits per heavy atom. The molecule has 100 valence electrons. The Kier molecular flexibility index (Phi) is 4.07. The quantitative estimate of drug-likeness (QED) is 0.771. The van der Waals surface area contributed by atoms with E-state index in [1.165, 1.54) is 0 Å². The van der Waals surface area contributed by atoms with Gasteiger partial charge in [-0.2, -0.15) is 0 Å². The topological polar surface area (TPSA) is 32.3 Å². The van der Waals surface area contributed by atoms with Crippen LogP contribution in [-0.4, -0.2) is 47.1 Å². The second kappa shape index (κ2) is 5.41. The molecule has 0 aliphatic carbocycles.